The number of carbonyl (C=O) groups is 1. The number of fused-ring (bicyclic) bond motifs is 1. The second kappa shape index (κ2) is 6.45. The highest BCUT2D eigenvalue weighted by Crippen LogP contribution is 2.31. The first-order valence-electron chi connectivity index (χ1n) is 7.39. The van der Waals surface area contributed by atoms with Gasteiger partial charge in [-0.2, -0.15) is 0 Å². The molecular formula is C18H15NO5. The summed E-state index contributed by atoms with van der Waals surface area (Å²) in [5.41, 5.74) is 0.765. The zero-order valence-electron chi connectivity index (χ0n) is 12.9. The van der Waals surface area contributed by atoms with Crippen molar-refractivity contribution in [2.24, 2.45) is 0 Å². The number of ether oxygens (including phenoxy) is 1. The molecule has 2 N–H and O–H groups in total. The third-order valence-electron chi connectivity index (χ3n) is 3.44. The molecule has 0 spiro atoms. The largest absolute Gasteiger partial charge is 0.504 e. The van der Waals surface area contributed by atoms with Crippen molar-refractivity contribution in [3.63, 3.8) is 0 Å². The van der Waals surface area contributed by atoms with Gasteiger partial charge in [0.1, 0.15) is 5.76 Å². The van der Waals surface area contributed by atoms with Gasteiger partial charge in [0.15, 0.2) is 16.8 Å². The number of phenols is 1. The van der Waals surface area contributed by atoms with Crippen LogP contribution in [0.2, 0.25) is 0 Å². The zero-order chi connectivity index (χ0) is 17.1. The van der Waals surface area contributed by atoms with Crippen LogP contribution in [0.5, 0.6) is 5.75 Å². The lowest BCUT2D eigenvalue weighted by Crippen LogP contribution is -2.14. The minimum Gasteiger partial charge on any atom is -0.504 e. The normalized spacial score (nSPS) is 10.5. The van der Waals surface area contributed by atoms with Crippen molar-refractivity contribution in [2.45, 2.75) is 6.92 Å². The van der Waals surface area contributed by atoms with Crippen molar-refractivity contribution >= 4 is 22.7 Å². The molecule has 0 bridgehead atoms. The average Bonchev–Trinajstić information content (AvgIpc) is 2.56. The molecule has 0 unspecified atom stereocenters. The number of anilines is 1. The number of phenolic OH excluding ortho intramolecular Hbond substituents is 1. The van der Waals surface area contributed by atoms with Crippen molar-refractivity contribution < 1.29 is 19.1 Å². The van der Waals surface area contributed by atoms with Crippen molar-refractivity contribution in [1.82, 2.24) is 0 Å². The Hall–Kier alpha value is -3.28. The lowest BCUT2D eigenvalue weighted by Gasteiger charge is -2.11. The molecule has 3 rings (SSSR count). The summed E-state index contributed by atoms with van der Waals surface area (Å²) in [5, 5.41) is 12.8. The third-order valence-corrected chi connectivity index (χ3v) is 3.44. The lowest BCUT2D eigenvalue weighted by atomic mass is 10.1. The Morgan fingerprint density at radius 1 is 1.21 bits per heavy atom. The fourth-order valence-corrected chi connectivity index (χ4v) is 2.38. The minimum absolute atomic E-state index is 0.103. The summed E-state index contributed by atoms with van der Waals surface area (Å²) in [6.07, 6.45) is -0.601. The Morgan fingerprint density at radius 3 is 2.79 bits per heavy atom. The first-order valence-corrected chi connectivity index (χ1v) is 7.39. The summed E-state index contributed by atoms with van der Waals surface area (Å²) in [6, 6.07) is 12.8. The molecule has 0 atom stereocenters. The van der Waals surface area contributed by atoms with E-state index in [9.17, 15) is 14.7 Å². The highest BCUT2D eigenvalue weighted by atomic mass is 16.5. The lowest BCUT2D eigenvalue weighted by molar-refractivity contribution is 0.168. The second-order valence-corrected chi connectivity index (χ2v) is 5.02. The van der Waals surface area contributed by atoms with Crippen molar-refractivity contribution in [2.75, 3.05) is 11.9 Å². The summed E-state index contributed by atoms with van der Waals surface area (Å²) in [4.78, 5) is 23.9. The van der Waals surface area contributed by atoms with Gasteiger partial charge in [0, 0.05) is 11.6 Å². The Kier molecular flexibility index (Phi) is 4.20. The van der Waals surface area contributed by atoms with Crippen LogP contribution in [-0.2, 0) is 4.74 Å². The predicted octanol–water partition coefficient (Wildman–Crippen LogP) is 3.73. The van der Waals surface area contributed by atoms with Gasteiger partial charge in [-0.1, -0.05) is 18.2 Å². The molecular weight excluding hydrogens is 310 g/mol. The zero-order valence-corrected chi connectivity index (χ0v) is 12.9. The molecule has 0 aliphatic rings. The molecule has 0 aliphatic carbocycles. The summed E-state index contributed by atoms with van der Waals surface area (Å²) in [7, 11) is 0. The van der Waals surface area contributed by atoms with E-state index in [0.717, 1.165) is 0 Å². The second-order valence-electron chi connectivity index (χ2n) is 5.02. The highest BCUT2D eigenvalue weighted by Gasteiger charge is 2.14. The molecule has 0 radical (unpaired) electrons. The molecule has 0 aliphatic heterocycles. The Morgan fingerprint density at radius 2 is 2.00 bits per heavy atom. The summed E-state index contributed by atoms with van der Waals surface area (Å²) in [5.74, 6) is 0.115. The molecule has 2 aromatic carbocycles. The Bertz CT molecular complexity index is 961. The number of amides is 1. The van der Waals surface area contributed by atoms with E-state index in [0.29, 0.717) is 11.3 Å². The monoisotopic (exact) mass is 325 g/mol. The molecule has 6 nitrogen and oxygen atoms in total. The molecule has 1 heterocycles. The van der Waals surface area contributed by atoms with Gasteiger partial charge in [0.2, 0.25) is 0 Å². The van der Waals surface area contributed by atoms with Crippen LogP contribution in [0, 0.1) is 0 Å². The topological polar surface area (TPSA) is 88.8 Å². The van der Waals surface area contributed by atoms with Crippen LogP contribution in [-0.4, -0.2) is 17.8 Å². The number of carbonyl (C=O) groups excluding carboxylic acids is 1. The van der Waals surface area contributed by atoms with E-state index in [4.69, 9.17) is 9.15 Å². The van der Waals surface area contributed by atoms with Gasteiger partial charge in [0.05, 0.1) is 17.7 Å². The van der Waals surface area contributed by atoms with Crippen molar-refractivity contribution in [3.05, 3.63) is 58.8 Å². The molecule has 3 aromatic rings. The highest BCUT2D eigenvalue weighted by molar-refractivity contribution is 5.91. The summed E-state index contributed by atoms with van der Waals surface area (Å²) < 4.78 is 10.6. The van der Waals surface area contributed by atoms with Crippen LogP contribution in [0.4, 0.5) is 10.5 Å². The minimum atomic E-state index is -0.601. The van der Waals surface area contributed by atoms with Gasteiger partial charge >= 0.3 is 6.09 Å². The number of hydrogen-bond donors (Lipinski definition) is 2. The van der Waals surface area contributed by atoms with Crippen LogP contribution in [0.25, 0.3) is 22.3 Å². The maximum Gasteiger partial charge on any atom is 0.411 e. The van der Waals surface area contributed by atoms with E-state index in [-0.39, 0.29) is 34.5 Å². The SMILES string of the molecule is CCOC(=O)Nc1ccccc1-c1cc(=O)c2cccc(O)c2o1. The molecule has 24 heavy (non-hydrogen) atoms. The van der Waals surface area contributed by atoms with Gasteiger partial charge in [-0.3, -0.25) is 10.1 Å². The predicted molar refractivity (Wildman–Crippen MR) is 90.2 cm³/mol. The van der Waals surface area contributed by atoms with Crippen LogP contribution < -0.4 is 10.7 Å². The summed E-state index contributed by atoms with van der Waals surface area (Å²) in [6.45, 7) is 1.95. The van der Waals surface area contributed by atoms with Crippen molar-refractivity contribution in [3.8, 4) is 17.1 Å². The number of para-hydroxylation sites is 2. The number of rotatable bonds is 3. The van der Waals surface area contributed by atoms with Crippen molar-refractivity contribution in [1.29, 1.82) is 0 Å². The van der Waals surface area contributed by atoms with Gasteiger partial charge in [-0.25, -0.2) is 4.79 Å². The van der Waals surface area contributed by atoms with E-state index in [1.54, 1.807) is 43.3 Å². The molecule has 122 valence electrons. The van der Waals surface area contributed by atoms with Gasteiger partial charge < -0.3 is 14.3 Å². The fraction of sp³-hybridized carbons (Fsp3) is 0.111. The van der Waals surface area contributed by atoms with Gasteiger partial charge in [-0.05, 0) is 31.2 Å². The third kappa shape index (κ3) is 2.94. The molecule has 1 amide bonds. The van der Waals surface area contributed by atoms with Crippen LogP contribution in [0.3, 0.4) is 0 Å². The number of benzene rings is 2. The number of nitrogens with one attached hydrogen (secondary N) is 1. The molecule has 0 fully saturated rings. The Balaban J connectivity index is 2.13. The summed E-state index contributed by atoms with van der Waals surface area (Å²) >= 11 is 0. The fourth-order valence-electron chi connectivity index (χ4n) is 2.38. The quantitative estimate of drug-likeness (QED) is 0.766. The van der Waals surface area contributed by atoms with Gasteiger partial charge in [0.25, 0.3) is 0 Å². The van der Waals surface area contributed by atoms with Crippen LogP contribution >= 0.6 is 0 Å². The smallest absolute Gasteiger partial charge is 0.411 e. The molecule has 0 saturated carbocycles. The average molecular weight is 325 g/mol. The molecule has 0 saturated heterocycles. The van der Waals surface area contributed by atoms with Crippen LogP contribution in [0.15, 0.2) is 57.7 Å². The molecule has 6 heteroatoms. The Labute approximate surface area is 137 Å². The maximum absolute atomic E-state index is 12.3. The van der Waals surface area contributed by atoms with E-state index in [1.807, 2.05) is 0 Å². The van der Waals surface area contributed by atoms with E-state index >= 15 is 0 Å². The van der Waals surface area contributed by atoms with E-state index < -0.39 is 6.09 Å². The standard InChI is InChI=1S/C18H15NO5/c1-2-23-18(22)19-13-8-4-3-6-11(13)16-10-15(21)12-7-5-9-14(20)17(12)24-16/h3-10,20H,2H2,1H3,(H,19,22). The first kappa shape index (κ1) is 15.6. The number of hydrogen-bond acceptors (Lipinski definition) is 5. The van der Waals surface area contributed by atoms with Gasteiger partial charge in [-0.15, -0.1) is 0 Å². The van der Waals surface area contributed by atoms with E-state index in [1.165, 1.54) is 12.1 Å². The maximum atomic E-state index is 12.3. The van der Waals surface area contributed by atoms with Crippen LogP contribution in [0.1, 0.15) is 6.92 Å². The molecule has 1 aromatic heterocycles. The number of aromatic hydroxyl groups is 1. The first-order chi connectivity index (χ1) is 11.6. The van der Waals surface area contributed by atoms with E-state index in [2.05, 4.69) is 5.32 Å².